The lowest BCUT2D eigenvalue weighted by Crippen LogP contribution is -2.24. The molecule has 0 heterocycles. The minimum Gasteiger partial charge on any atom is -0.463 e. The van der Waals surface area contributed by atoms with Crippen LogP contribution in [0.1, 0.15) is 33.1 Å². The van der Waals surface area contributed by atoms with Gasteiger partial charge < -0.3 is 4.74 Å². The van der Waals surface area contributed by atoms with Crippen molar-refractivity contribution in [2.75, 3.05) is 6.61 Å². The smallest absolute Gasteiger partial charge is 0.342 e. The molecule has 0 N–H and O–H groups in total. The molecule has 0 amide bonds. The van der Waals surface area contributed by atoms with Crippen LogP contribution in [-0.2, 0) is 9.53 Å². The summed E-state index contributed by atoms with van der Waals surface area (Å²) in [5.41, 5.74) is 0. The number of carbonyl (C=O) groups is 1. The van der Waals surface area contributed by atoms with Crippen molar-refractivity contribution in [3.05, 3.63) is 0 Å². The summed E-state index contributed by atoms with van der Waals surface area (Å²) < 4.78 is 3.40. The van der Waals surface area contributed by atoms with Gasteiger partial charge in [0.1, 0.15) is 0 Å². The molecule has 0 saturated heterocycles. The van der Waals surface area contributed by atoms with E-state index in [0.717, 1.165) is 19.3 Å². The van der Waals surface area contributed by atoms with Crippen LogP contribution in [0.2, 0.25) is 0 Å². The molecule has 0 fully saturated rings. The first-order valence-corrected chi connectivity index (χ1v) is 4.79. The molecule has 0 radical (unpaired) electrons. The molecule has 0 aromatic heterocycles. The molecule has 2 nitrogen and oxygen atoms in total. The molecule has 0 spiro atoms. The van der Waals surface area contributed by atoms with Crippen LogP contribution in [0.4, 0.5) is 0 Å². The van der Waals surface area contributed by atoms with Crippen molar-refractivity contribution in [2.45, 2.75) is 37.4 Å². The highest BCUT2D eigenvalue weighted by Crippen LogP contribution is 2.21. The first kappa shape index (κ1) is 12.0. The van der Waals surface area contributed by atoms with Crippen LogP contribution in [0.25, 0.3) is 0 Å². The van der Waals surface area contributed by atoms with Gasteiger partial charge in [0, 0.05) is 0 Å². The zero-order chi connectivity index (χ0) is 9.61. The van der Waals surface area contributed by atoms with E-state index >= 15 is 0 Å². The lowest BCUT2D eigenvalue weighted by molar-refractivity contribution is -0.144. The molecule has 4 heteroatoms. The molecule has 0 rings (SSSR count). The minimum absolute atomic E-state index is 0.404. The van der Waals surface area contributed by atoms with Gasteiger partial charge in [-0.05, 0) is 13.3 Å². The van der Waals surface area contributed by atoms with Gasteiger partial charge in [-0.2, -0.15) is 0 Å². The third-order valence-corrected chi connectivity index (χ3v) is 1.65. The largest absolute Gasteiger partial charge is 0.463 e. The molecule has 0 atom stereocenters. The molecular weight excluding hydrogens is 199 g/mol. The van der Waals surface area contributed by atoms with E-state index in [-0.39, 0.29) is 0 Å². The number of rotatable bonds is 5. The second-order valence-corrected chi connectivity index (χ2v) is 4.44. The van der Waals surface area contributed by atoms with Gasteiger partial charge in [0.05, 0.1) is 6.61 Å². The van der Waals surface area contributed by atoms with Crippen LogP contribution in [0.15, 0.2) is 0 Å². The maximum Gasteiger partial charge on any atom is 0.342 e. The van der Waals surface area contributed by atoms with Gasteiger partial charge in [-0.25, -0.2) is 4.79 Å². The molecule has 0 aromatic carbocycles. The zero-order valence-corrected chi connectivity index (χ0v) is 8.91. The Morgan fingerprint density at radius 3 is 2.42 bits per heavy atom. The zero-order valence-electron chi connectivity index (χ0n) is 7.40. The standard InChI is InChI=1S/C8H14Cl2O2/c1-3-4-5-6-12-7(11)8(2,9)10/h3-6H2,1-2H3. The first-order chi connectivity index (χ1) is 5.48. The van der Waals surface area contributed by atoms with Crippen LogP contribution < -0.4 is 0 Å². The van der Waals surface area contributed by atoms with E-state index in [2.05, 4.69) is 6.92 Å². The highest BCUT2D eigenvalue weighted by Gasteiger charge is 2.28. The van der Waals surface area contributed by atoms with E-state index in [1.807, 2.05) is 0 Å². The van der Waals surface area contributed by atoms with E-state index in [9.17, 15) is 4.79 Å². The monoisotopic (exact) mass is 212 g/mol. The number of unbranched alkanes of at least 4 members (excludes halogenated alkanes) is 2. The maximum atomic E-state index is 10.9. The molecular formula is C8H14Cl2O2. The van der Waals surface area contributed by atoms with Gasteiger partial charge >= 0.3 is 5.97 Å². The maximum absolute atomic E-state index is 10.9. The molecule has 0 unspecified atom stereocenters. The molecule has 0 aliphatic heterocycles. The number of hydrogen-bond acceptors (Lipinski definition) is 2. The SMILES string of the molecule is CCCCCOC(=O)C(C)(Cl)Cl. The van der Waals surface area contributed by atoms with E-state index < -0.39 is 10.3 Å². The third-order valence-electron chi connectivity index (χ3n) is 1.34. The number of alkyl halides is 2. The quantitative estimate of drug-likeness (QED) is 0.398. The summed E-state index contributed by atoms with van der Waals surface area (Å²) in [6.45, 7) is 3.88. The van der Waals surface area contributed by atoms with E-state index in [1.165, 1.54) is 6.92 Å². The van der Waals surface area contributed by atoms with Gasteiger partial charge in [-0.1, -0.05) is 43.0 Å². The van der Waals surface area contributed by atoms with Crippen LogP contribution in [-0.4, -0.2) is 16.9 Å². The summed E-state index contributed by atoms with van der Waals surface area (Å²) >= 11 is 11.0. The molecule has 0 aliphatic carbocycles. The Morgan fingerprint density at radius 1 is 1.42 bits per heavy atom. The van der Waals surface area contributed by atoms with Crippen LogP contribution in [0.5, 0.6) is 0 Å². The molecule has 12 heavy (non-hydrogen) atoms. The van der Waals surface area contributed by atoms with Crippen LogP contribution in [0, 0.1) is 0 Å². The van der Waals surface area contributed by atoms with Gasteiger partial charge in [-0.15, -0.1) is 0 Å². The van der Waals surface area contributed by atoms with Crippen molar-refractivity contribution < 1.29 is 9.53 Å². The number of hydrogen-bond donors (Lipinski definition) is 0. The van der Waals surface area contributed by atoms with Crippen molar-refractivity contribution in [1.82, 2.24) is 0 Å². The minimum atomic E-state index is -1.41. The predicted molar refractivity (Wildman–Crippen MR) is 50.6 cm³/mol. The van der Waals surface area contributed by atoms with Gasteiger partial charge in [0.25, 0.3) is 0 Å². The lowest BCUT2D eigenvalue weighted by Gasteiger charge is -2.11. The van der Waals surface area contributed by atoms with Crippen molar-refractivity contribution in [2.24, 2.45) is 0 Å². The highest BCUT2D eigenvalue weighted by molar-refractivity contribution is 6.57. The Kier molecular flexibility index (Phi) is 5.68. The second-order valence-electron chi connectivity index (χ2n) is 2.73. The van der Waals surface area contributed by atoms with Gasteiger partial charge in [-0.3, -0.25) is 0 Å². The predicted octanol–water partition coefficient (Wildman–Crippen LogP) is 2.91. The van der Waals surface area contributed by atoms with Crippen molar-refractivity contribution in [3.63, 3.8) is 0 Å². The van der Waals surface area contributed by atoms with E-state index in [0.29, 0.717) is 6.61 Å². The van der Waals surface area contributed by atoms with Crippen LogP contribution >= 0.6 is 23.2 Å². The Balaban J connectivity index is 3.45. The summed E-state index contributed by atoms with van der Waals surface area (Å²) in [7, 11) is 0. The highest BCUT2D eigenvalue weighted by atomic mass is 35.5. The van der Waals surface area contributed by atoms with E-state index in [1.54, 1.807) is 0 Å². The average molecular weight is 213 g/mol. The van der Waals surface area contributed by atoms with Crippen molar-refractivity contribution in [1.29, 1.82) is 0 Å². The van der Waals surface area contributed by atoms with Gasteiger partial charge in [0.15, 0.2) is 0 Å². The summed E-state index contributed by atoms with van der Waals surface area (Å²) in [6, 6.07) is 0. The fourth-order valence-corrected chi connectivity index (χ4v) is 0.753. The molecule has 0 aliphatic rings. The number of halogens is 2. The summed E-state index contributed by atoms with van der Waals surface area (Å²) in [5.74, 6) is -0.568. The summed E-state index contributed by atoms with van der Waals surface area (Å²) in [6.07, 6.45) is 3.01. The normalized spacial score (nSPS) is 11.3. The molecule has 0 aromatic rings. The number of carbonyl (C=O) groups excluding carboxylic acids is 1. The van der Waals surface area contributed by atoms with Gasteiger partial charge in [0.2, 0.25) is 4.33 Å². The van der Waals surface area contributed by atoms with Crippen molar-refractivity contribution >= 4 is 29.2 Å². The summed E-state index contributed by atoms with van der Waals surface area (Å²) in [4.78, 5) is 10.9. The number of esters is 1. The Labute approximate surface area is 83.2 Å². The van der Waals surface area contributed by atoms with Crippen LogP contribution in [0.3, 0.4) is 0 Å². The Bertz CT molecular complexity index is 140. The average Bonchev–Trinajstić information content (AvgIpc) is 1.96. The fourth-order valence-electron chi connectivity index (χ4n) is 0.644. The second kappa shape index (κ2) is 5.65. The Hall–Kier alpha value is 0.0500. The van der Waals surface area contributed by atoms with E-state index in [4.69, 9.17) is 27.9 Å². The Morgan fingerprint density at radius 2 is 2.00 bits per heavy atom. The summed E-state index contributed by atoms with van der Waals surface area (Å²) in [5, 5.41) is 0. The van der Waals surface area contributed by atoms with Crippen molar-refractivity contribution in [3.8, 4) is 0 Å². The topological polar surface area (TPSA) is 26.3 Å². The number of ether oxygens (including phenoxy) is 1. The fraction of sp³-hybridized carbons (Fsp3) is 0.875. The third kappa shape index (κ3) is 5.67. The molecule has 0 bridgehead atoms. The molecule has 72 valence electrons. The lowest BCUT2D eigenvalue weighted by atomic mass is 10.3. The molecule has 0 saturated carbocycles. The first-order valence-electron chi connectivity index (χ1n) is 4.03.